The number of sulfonamides is 1. The smallest absolute Gasteiger partial charge is 0.259 e. The molecule has 1 saturated heterocycles. The number of benzene rings is 2. The molecular weight excluding hydrogens is 491 g/mol. The Balaban J connectivity index is 1.89. The summed E-state index contributed by atoms with van der Waals surface area (Å²) in [6, 6.07) is 11.8. The SMILES string of the molecule is COc1ccc(S(=O)(=O)N2CCC(C)CC2)cc1C(=O)Nc1ccc(I)cc1. The Labute approximate surface area is 179 Å². The highest BCUT2D eigenvalue weighted by molar-refractivity contribution is 14.1. The Morgan fingerprint density at radius 2 is 1.79 bits per heavy atom. The quantitative estimate of drug-likeness (QED) is 0.613. The molecule has 0 radical (unpaired) electrons. The number of ether oxygens (including phenoxy) is 1. The molecule has 1 aliphatic heterocycles. The van der Waals surface area contributed by atoms with Gasteiger partial charge in [-0.3, -0.25) is 4.79 Å². The van der Waals surface area contributed by atoms with Crippen LogP contribution in [-0.2, 0) is 10.0 Å². The van der Waals surface area contributed by atoms with Crippen LogP contribution in [0.25, 0.3) is 0 Å². The number of piperidine rings is 1. The van der Waals surface area contributed by atoms with Crippen LogP contribution in [0.2, 0.25) is 0 Å². The van der Waals surface area contributed by atoms with Gasteiger partial charge in [-0.25, -0.2) is 8.42 Å². The number of methoxy groups -OCH3 is 1. The fourth-order valence-electron chi connectivity index (χ4n) is 3.13. The zero-order chi connectivity index (χ0) is 20.3. The van der Waals surface area contributed by atoms with Gasteiger partial charge in [0.15, 0.2) is 0 Å². The van der Waals surface area contributed by atoms with E-state index in [-0.39, 0.29) is 10.5 Å². The van der Waals surface area contributed by atoms with E-state index in [0.717, 1.165) is 16.4 Å². The highest BCUT2D eigenvalue weighted by atomic mass is 127. The van der Waals surface area contributed by atoms with Crippen molar-refractivity contribution in [1.82, 2.24) is 4.31 Å². The summed E-state index contributed by atoms with van der Waals surface area (Å²) in [7, 11) is -2.19. The molecular formula is C20H23IN2O4S. The average Bonchev–Trinajstić information content (AvgIpc) is 2.69. The molecule has 0 saturated carbocycles. The van der Waals surface area contributed by atoms with Gasteiger partial charge in [0.2, 0.25) is 10.0 Å². The summed E-state index contributed by atoms with van der Waals surface area (Å²) in [4.78, 5) is 12.9. The third kappa shape index (κ3) is 4.66. The van der Waals surface area contributed by atoms with Crippen LogP contribution in [-0.4, -0.2) is 38.8 Å². The van der Waals surface area contributed by atoms with Gasteiger partial charge < -0.3 is 10.1 Å². The first kappa shape index (κ1) is 21.1. The van der Waals surface area contributed by atoms with Crippen molar-refractivity contribution in [2.24, 2.45) is 5.92 Å². The largest absolute Gasteiger partial charge is 0.496 e. The van der Waals surface area contributed by atoms with Crippen molar-refractivity contribution in [2.45, 2.75) is 24.7 Å². The minimum atomic E-state index is -3.65. The van der Waals surface area contributed by atoms with Crippen molar-refractivity contribution < 1.29 is 17.9 Å². The van der Waals surface area contributed by atoms with Gasteiger partial charge in [0, 0.05) is 22.3 Å². The van der Waals surface area contributed by atoms with Crippen LogP contribution < -0.4 is 10.1 Å². The molecule has 3 rings (SSSR count). The molecule has 1 heterocycles. The Morgan fingerprint density at radius 3 is 2.39 bits per heavy atom. The van der Waals surface area contributed by atoms with Crippen molar-refractivity contribution in [1.29, 1.82) is 0 Å². The number of nitrogens with one attached hydrogen (secondary N) is 1. The maximum absolute atomic E-state index is 13.0. The number of halogens is 1. The van der Waals surface area contributed by atoms with E-state index < -0.39 is 15.9 Å². The number of hydrogen-bond acceptors (Lipinski definition) is 4. The number of carbonyl (C=O) groups is 1. The standard InChI is InChI=1S/C20H23IN2O4S/c1-14-9-11-23(12-10-14)28(25,26)17-7-8-19(27-2)18(13-17)20(24)22-16-5-3-15(21)4-6-16/h3-8,13-14H,9-12H2,1-2H3,(H,22,24). The van der Waals surface area contributed by atoms with Crippen LogP contribution in [0.5, 0.6) is 5.75 Å². The molecule has 1 aliphatic rings. The number of anilines is 1. The molecule has 8 heteroatoms. The van der Waals surface area contributed by atoms with E-state index in [1.165, 1.54) is 29.6 Å². The molecule has 0 atom stereocenters. The number of rotatable bonds is 5. The molecule has 150 valence electrons. The second kappa shape index (κ2) is 8.79. The van der Waals surface area contributed by atoms with Crippen molar-refractivity contribution >= 4 is 44.2 Å². The van der Waals surface area contributed by atoms with Gasteiger partial charge in [0.1, 0.15) is 5.75 Å². The Bertz CT molecular complexity index is 953. The van der Waals surface area contributed by atoms with Crippen LogP contribution in [0.3, 0.4) is 0 Å². The first-order valence-electron chi connectivity index (χ1n) is 9.06. The molecule has 28 heavy (non-hydrogen) atoms. The monoisotopic (exact) mass is 514 g/mol. The van der Waals surface area contributed by atoms with Gasteiger partial charge in [-0.15, -0.1) is 0 Å². The summed E-state index contributed by atoms with van der Waals surface area (Å²) in [5.74, 6) is 0.439. The molecule has 1 N–H and O–H groups in total. The van der Waals surface area contributed by atoms with E-state index in [0.29, 0.717) is 30.4 Å². The fraction of sp³-hybridized carbons (Fsp3) is 0.350. The Morgan fingerprint density at radius 1 is 1.14 bits per heavy atom. The van der Waals surface area contributed by atoms with E-state index in [9.17, 15) is 13.2 Å². The third-order valence-electron chi connectivity index (χ3n) is 4.90. The summed E-state index contributed by atoms with van der Waals surface area (Å²) in [5.41, 5.74) is 0.818. The van der Waals surface area contributed by atoms with Crippen LogP contribution >= 0.6 is 22.6 Å². The van der Waals surface area contributed by atoms with Crippen molar-refractivity contribution in [3.05, 3.63) is 51.6 Å². The molecule has 0 aliphatic carbocycles. The van der Waals surface area contributed by atoms with Crippen molar-refractivity contribution in [2.75, 3.05) is 25.5 Å². The normalized spacial score (nSPS) is 16.0. The molecule has 0 bridgehead atoms. The Kier molecular flexibility index (Phi) is 6.61. The first-order chi connectivity index (χ1) is 13.3. The lowest BCUT2D eigenvalue weighted by Crippen LogP contribution is -2.37. The summed E-state index contributed by atoms with van der Waals surface area (Å²) in [6.45, 7) is 3.13. The summed E-state index contributed by atoms with van der Waals surface area (Å²) in [5, 5.41) is 2.79. The molecule has 0 spiro atoms. The predicted octanol–water partition coefficient (Wildman–Crippen LogP) is 3.97. The van der Waals surface area contributed by atoms with Gasteiger partial charge >= 0.3 is 0 Å². The molecule has 2 aromatic rings. The molecule has 0 aromatic heterocycles. The van der Waals surface area contributed by atoms with E-state index in [4.69, 9.17) is 4.74 Å². The molecule has 6 nitrogen and oxygen atoms in total. The van der Waals surface area contributed by atoms with Crippen LogP contribution in [0, 0.1) is 9.49 Å². The first-order valence-corrected chi connectivity index (χ1v) is 11.6. The van der Waals surface area contributed by atoms with Gasteiger partial charge in [0.05, 0.1) is 17.6 Å². The lowest BCUT2D eigenvalue weighted by molar-refractivity contribution is 0.102. The summed E-state index contributed by atoms with van der Waals surface area (Å²) < 4.78 is 33.9. The van der Waals surface area contributed by atoms with Crippen LogP contribution in [0.15, 0.2) is 47.4 Å². The highest BCUT2D eigenvalue weighted by Gasteiger charge is 2.29. The van der Waals surface area contributed by atoms with Gasteiger partial charge in [-0.05, 0) is 83.8 Å². The second-order valence-electron chi connectivity index (χ2n) is 6.91. The average molecular weight is 514 g/mol. The number of amides is 1. The number of nitrogens with zero attached hydrogens (tertiary/aromatic N) is 1. The zero-order valence-electron chi connectivity index (χ0n) is 15.8. The van der Waals surface area contributed by atoms with Gasteiger partial charge in [0.25, 0.3) is 5.91 Å². The molecule has 1 fully saturated rings. The van der Waals surface area contributed by atoms with Crippen molar-refractivity contribution in [3.8, 4) is 5.75 Å². The maximum Gasteiger partial charge on any atom is 0.259 e. The second-order valence-corrected chi connectivity index (χ2v) is 10.1. The van der Waals surface area contributed by atoms with Crippen LogP contribution in [0.1, 0.15) is 30.1 Å². The summed E-state index contributed by atoms with van der Waals surface area (Å²) >= 11 is 2.18. The third-order valence-corrected chi connectivity index (χ3v) is 7.51. The lowest BCUT2D eigenvalue weighted by atomic mass is 10.0. The van der Waals surface area contributed by atoms with E-state index in [2.05, 4.69) is 34.8 Å². The number of hydrogen-bond donors (Lipinski definition) is 1. The van der Waals surface area contributed by atoms with E-state index >= 15 is 0 Å². The minimum absolute atomic E-state index is 0.107. The molecule has 0 unspecified atom stereocenters. The van der Waals surface area contributed by atoms with E-state index in [1.807, 2.05) is 12.1 Å². The van der Waals surface area contributed by atoms with Crippen LogP contribution in [0.4, 0.5) is 5.69 Å². The fourth-order valence-corrected chi connectivity index (χ4v) is 4.99. The zero-order valence-corrected chi connectivity index (χ0v) is 18.8. The predicted molar refractivity (Wildman–Crippen MR) is 117 cm³/mol. The Hall–Kier alpha value is -1.65. The lowest BCUT2D eigenvalue weighted by Gasteiger charge is -2.29. The summed E-state index contributed by atoms with van der Waals surface area (Å²) in [6.07, 6.45) is 1.69. The maximum atomic E-state index is 13.0. The van der Waals surface area contributed by atoms with Gasteiger partial charge in [-0.2, -0.15) is 4.31 Å². The number of carbonyl (C=O) groups excluding carboxylic acids is 1. The topological polar surface area (TPSA) is 75.7 Å². The highest BCUT2D eigenvalue weighted by Crippen LogP contribution is 2.28. The van der Waals surface area contributed by atoms with Gasteiger partial charge in [-0.1, -0.05) is 6.92 Å². The van der Waals surface area contributed by atoms with E-state index in [1.54, 1.807) is 12.1 Å². The van der Waals surface area contributed by atoms with Crippen molar-refractivity contribution in [3.63, 3.8) is 0 Å². The minimum Gasteiger partial charge on any atom is -0.496 e. The molecule has 1 amide bonds. The molecule has 2 aromatic carbocycles.